The highest BCUT2D eigenvalue weighted by Crippen LogP contribution is 2.26. The summed E-state index contributed by atoms with van der Waals surface area (Å²) in [5.41, 5.74) is 1.96. The molecule has 0 aromatic carbocycles. The SMILES string of the molecule is CNC(=O)CCc1cc(C)nc(C2CCN(CCOC)CC2)n1. The molecule has 0 radical (unpaired) electrons. The molecule has 0 spiro atoms. The Morgan fingerprint density at radius 2 is 2.13 bits per heavy atom. The Labute approximate surface area is 138 Å². The summed E-state index contributed by atoms with van der Waals surface area (Å²) in [4.78, 5) is 23.2. The predicted molar refractivity (Wildman–Crippen MR) is 89.4 cm³/mol. The molecule has 6 nitrogen and oxygen atoms in total. The number of aryl methyl sites for hydroxylation is 2. The Bertz CT molecular complexity index is 513. The molecule has 128 valence electrons. The number of ether oxygens (including phenoxy) is 1. The van der Waals surface area contributed by atoms with Crippen LogP contribution in [0.15, 0.2) is 6.07 Å². The summed E-state index contributed by atoms with van der Waals surface area (Å²) in [6.07, 6.45) is 3.31. The molecule has 1 aliphatic rings. The highest BCUT2D eigenvalue weighted by atomic mass is 16.5. The maximum atomic E-state index is 11.4. The Hall–Kier alpha value is -1.53. The number of methoxy groups -OCH3 is 1. The number of hydrogen-bond donors (Lipinski definition) is 1. The third-order valence-electron chi connectivity index (χ3n) is 4.38. The van der Waals surface area contributed by atoms with Gasteiger partial charge in [0.1, 0.15) is 5.82 Å². The summed E-state index contributed by atoms with van der Waals surface area (Å²) in [6.45, 7) is 5.92. The zero-order valence-corrected chi connectivity index (χ0v) is 14.5. The van der Waals surface area contributed by atoms with Crippen LogP contribution >= 0.6 is 0 Å². The van der Waals surface area contributed by atoms with Gasteiger partial charge in [0.25, 0.3) is 0 Å². The quantitative estimate of drug-likeness (QED) is 0.820. The Morgan fingerprint density at radius 3 is 2.78 bits per heavy atom. The number of likely N-dealkylation sites (tertiary alicyclic amines) is 1. The third kappa shape index (κ3) is 5.55. The van der Waals surface area contributed by atoms with Crippen molar-refractivity contribution in [1.82, 2.24) is 20.2 Å². The van der Waals surface area contributed by atoms with E-state index in [-0.39, 0.29) is 5.91 Å². The molecule has 0 bridgehead atoms. The van der Waals surface area contributed by atoms with E-state index >= 15 is 0 Å². The van der Waals surface area contributed by atoms with Crippen molar-refractivity contribution in [3.8, 4) is 0 Å². The number of hydrogen-bond acceptors (Lipinski definition) is 5. The van der Waals surface area contributed by atoms with Crippen LogP contribution in [0.3, 0.4) is 0 Å². The van der Waals surface area contributed by atoms with Gasteiger partial charge in [0, 0.05) is 44.4 Å². The molecule has 1 aliphatic heterocycles. The minimum absolute atomic E-state index is 0.0502. The van der Waals surface area contributed by atoms with Gasteiger partial charge in [-0.2, -0.15) is 0 Å². The fraction of sp³-hybridized carbons (Fsp3) is 0.706. The average molecular weight is 320 g/mol. The van der Waals surface area contributed by atoms with E-state index < -0.39 is 0 Å². The van der Waals surface area contributed by atoms with Gasteiger partial charge in [0.2, 0.25) is 5.91 Å². The molecule has 0 unspecified atom stereocenters. The summed E-state index contributed by atoms with van der Waals surface area (Å²) in [7, 11) is 3.41. The van der Waals surface area contributed by atoms with Crippen LogP contribution in [0.2, 0.25) is 0 Å². The van der Waals surface area contributed by atoms with Gasteiger partial charge in [-0.25, -0.2) is 9.97 Å². The van der Waals surface area contributed by atoms with E-state index in [1.54, 1.807) is 14.2 Å². The van der Waals surface area contributed by atoms with Gasteiger partial charge in [-0.15, -0.1) is 0 Å². The summed E-state index contributed by atoms with van der Waals surface area (Å²) in [6, 6.07) is 1.99. The Balaban J connectivity index is 1.95. The predicted octanol–water partition coefficient (Wildman–Crippen LogP) is 1.29. The fourth-order valence-corrected chi connectivity index (χ4v) is 2.97. The lowest BCUT2D eigenvalue weighted by Gasteiger charge is -2.31. The van der Waals surface area contributed by atoms with Gasteiger partial charge in [0.05, 0.1) is 6.61 Å². The molecular formula is C17H28N4O2. The van der Waals surface area contributed by atoms with Gasteiger partial charge >= 0.3 is 0 Å². The summed E-state index contributed by atoms with van der Waals surface area (Å²) >= 11 is 0. The third-order valence-corrected chi connectivity index (χ3v) is 4.38. The highest BCUT2D eigenvalue weighted by molar-refractivity contribution is 5.75. The van der Waals surface area contributed by atoms with Crippen molar-refractivity contribution in [2.75, 3.05) is 40.4 Å². The van der Waals surface area contributed by atoms with E-state index in [2.05, 4.69) is 15.2 Å². The number of aromatic nitrogens is 2. The first-order chi connectivity index (χ1) is 11.1. The summed E-state index contributed by atoms with van der Waals surface area (Å²) in [5.74, 6) is 1.42. The van der Waals surface area contributed by atoms with Crippen LogP contribution in [0.4, 0.5) is 0 Å². The van der Waals surface area contributed by atoms with Crippen molar-refractivity contribution >= 4 is 5.91 Å². The maximum Gasteiger partial charge on any atom is 0.220 e. The number of nitrogens with zero attached hydrogens (tertiary/aromatic N) is 3. The van der Waals surface area contributed by atoms with Gasteiger partial charge in [-0.1, -0.05) is 0 Å². The molecule has 2 rings (SSSR count). The average Bonchev–Trinajstić information content (AvgIpc) is 2.57. The molecule has 2 heterocycles. The number of nitrogens with one attached hydrogen (secondary N) is 1. The van der Waals surface area contributed by atoms with Gasteiger partial charge in [0.15, 0.2) is 0 Å². The summed E-state index contributed by atoms with van der Waals surface area (Å²) in [5, 5.41) is 2.65. The van der Waals surface area contributed by atoms with Crippen LogP contribution in [-0.2, 0) is 16.0 Å². The second-order valence-electron chi connectivity index (χ2n) is 6.14. The number of amides is 1. The molecule has 0 aliphatic carbocycles. The zero-order chi connectivity index (χ0) is 16.7. The van der Waals surface area contributed by atoms with Crippen molar-refractivity contribution < 1.29 is 9.53 Å². The van der Waals surface area contributed by atoms with E-state index in [9.17, 15) is 4.79 Å². The lowest BCUT2D eigenvalue weighted by Crippen LogP contribution is -2.35. The van der Waals surface area contributed by atoms with Crippen LogP contribution in [0.25, 0.3) is 0 Å². The Morgan fingerprint density at radius 1 is 1.39 bits per heavy atom. The molecule has 1 saturated heterocycles. The van der Waals surface area contributed by atoms with E-state index in [0.29, 0.717) is 18.8 Å². The minimum Gasteiger partial charge on any atom is -0.383 e. The first-order valence-electron chi connectivity index (χ1n) is 8.38. The van der Waals surface area contributed by atoms with E-state index in [4.69, 9.17) is 9.72 Å². The molecule has 23 heavy (non-hydrogen) atoms. The van der Waals surface area contributed by atoms with Crippen molar-refractivity contribution in [3.05, 3.63) is 23.3 Å². The van der Waals surface area contributed by atoms with Crippen LogP contribution in [0.1, 0.15) is 42.4 Å². The monoisotopic (exact) mass is 320 g/mol. The lowest BCUT2D eigenvalue weighted by atomic mass is 9.95. The number of carbonyl (C=O) groups excluding carboxylic acids is 1. The van der Waals surface area contributed by atoms with Crippen LogP contribution in [-0.4, -0.2) is 61.2 Å². The molecular weight excluding hydrogens is 292 g/mol. The molecule has 1 N–H and O–H groups in total. The number of rotatable bonds is 7. The van der Waals surface area contributed by atoms with Gasteiger partial charge in [-0.3, -0.25) is 4.79 Å². The second-order valence-corrected chi connectivity index (χ2v) is 6.14. The highest BCUT2D eigenvalue weighted by Gasteiger charge is 2.23. The van der Waals surface area contributed by atoms with Crippen LogP contribution in [0, 0.1) is 6.92 Å². The summed E-state index contributed by atoms with van der Waals surface area (Å²) < 4.78 is 5.14. The standard InChI is InChI=1S/C17H28N4O2/c1-13-12-15(4-5-16(22)18-2)20-17(19-13)14-6-8-21(9-7-14)10-11-23-3/h12,14H,4-11H2,1-3H3,(H,18,22). The van der Waals surface area contributed by atoms with Crippen molar-refractivity contribution in [2.24, 2.45) is 0 Å². The van der Waals surface area contributed by atoms with Crippen molar-refractivity contribution in [3.63, 3.8) is 0 Å². The lowest BCUT2D eigenvalue weighted by molar-refractivity contribution is -0.120. The smallest absolute Gasteiger partial charge is 0.220 e. The normalized spacial score (nSPS) is 16.5. The van der Waals surface area contributed by atoms with Crippen LogP contribution < -0.4 is 5.32 Å². The number of carbonyl (C=O) groups is 1. The molecule has 1 fully saturated rings. The molecule has 1 amide bonds. The topological polar surface area (TPSA) is 67.4 Å². The molecule has 0 atom stereocenters. The zero-order valence-electron chi connectivity index (χ0n) is 14.5. The molecule has 1 aromatic heterocycles. The maximum absolute atomic E-state index is 11.4. The van der Waals surface area contributed by atoms with E-state index in [1.165, 1.54) is 0 Å². The second kappa shape index (κ2) is 8.93. The van der Waals surface area contributed by atoms with Crippen molar-refractivity contribution in [2.45, 2.75) is 38.5 Å². The fourth-order valence-electron chi connectivity index (χ4n) is 2.97. The first kappa shape index (κ1) is 17.8. The van der Waals surface area contributed by atoms with E-state index in [1.807, 2.05) is 13.0 Å². The van der Waals surface area contributed by atoms with Crippen LogP contribution in [0.5, 0.6) is 0 Å². The minimum atomic E-state index is 0.0502. The van der Waals surface area contributed by atoms with Gasteiger partial charge in [-0.05, 0) is 45.3 Å². The number of piperidine rings is 1. The Kier molecular flexibility index (Phi) is 6.92. The molecule has 1 aromatic rings. The first-order valence-corrected chi connectivity index (χ1v) is 8.38. The van der Waals surface area contributed by atoms with E-state index in [0.717, 1.165) is 56.3 Å². The van der Waals surface area contributed by atoms with Gasteiger partial charge < -0.3 is 15.0 Å². The van der Waals surface area contributed by atoms with Crippen molar-refractivity contribution in [1.29, 1.82) is 0 Å². The molecule has 6 heteroatoms. The molecule has 0 saturated carbocycles. The largest absolute Gasteiger partial charge is 0.383 e.